The third kappa shape index (κ3) is 2.11. The Labute approximate surface area is 113 Å². The molecular weight excluding hydrogens is 240 g/mol. The first kappa shape index (κ1) is 12.2. The number of aryl methyl sites for hydroxylation is 1. The maximum Gasteiger partial charge on any atom is 0.331 e. The Hall–Kier alpha value is -1.84. The monoisotopic (exact) mass is 258 g/mol. The minimum atomic E-state index is -0.148. The average Bonchev–Trinajstić information content (AvgIpc) is 2.41. The first-order valence-corrected chi connectivity index (χ1v) is 6.87. The van der Waals surface area contributed by atoms with Crippen LogP contribution in [0.3, 0.4) is 0 Å². The van der Waals surface area contributed by atoms with Gasteiger partial charge in [-0.05, 0) is 38.3 Å². The van der Waals surface area contributed by atoms with Crippen molar-refractivity contribution in [1.29, 1.82) is 0 Å². The lowest BCUT2D eigenvalue weighted by atomic mass is 9.97. The number of rotatable bonds is 1. The molecule has 100 valence electrons. The molecule has 1 unspecified atom stereocenters. The van der Waals surface area contributed by atoms with Gasteiger partial charge in [-0.1, -0.05) is 17.7 Å². The number of fused-ring (bicyclic) bond motifs is 1. The van der Waals surface area contributed by atoms with Crippen LogP contribution in [0.2, 0.25) is 0 Å². The van der Waals surface area contributed by atoms with Crippen LogP contribution in [0.25, 0.3) is 0 Å². The second kappa shape index (κ2) is 4.68. The van der Waals surface area contributed by atoms with Gasteiger partial charge in [0.25, 0.3) is 0 Å². The smallest absolute Gasteiger partial charge is 0.320 e. The standard InChI is InChI=1S/C15H18N2O2/c1-11-5-7-12(8-6-11)17-14(18)10-13-4-2-3-9-16(13)15(17)19/h5-8,13H,2-4,9-10H2,1H3. The van der Waals surface area contributed by atoms with E-state index in [1.54, 1.807) is 0 Å². The van der Waals surface area contributed by atoms with Crippen LogP contribution < -0.4 is 4.90 Å². The summed E-state index contributed by atoms with van der Waals surface area (Å²) >= 11 is 0. The molecule has 19 heavy (non-hydrogen) atoms. The molecule has 3 rings (SSSR count). The molecule has 4 nitrogen and oxygen atoms in total. The van der Waals surface area contributed by atoms with E-state index in [1.165, 1.54) is 4.90 Å². The zero-order valence-electron chi connectivity index (χ0n) is 11.1. The fraction of sp³-hybridized carbons (Fsp3) is 0.467. The van der Waals surface area contributed by atoms with Crippen molar-refractivity contribution in [3.8, 4) is 0 Å². The van der Waals surface area contributed by atoms with Gasteiger partial charge < -0.3 is 4.90 Å². The summed E-state index contributed by atoms with van der Waals surface area (Å²) < 4.78 is 0. The highest BCUT2D eigenvalue weighted by atomic mass is 16.2. The molecule has 2 saturated heterocycles. The summed E-state index contributed by atoms with van der Waals surface area (Å²) in [6.07, 6.45) is 3.57. The number of piperidine rings is 1. The predicted molar refractivity (Wildman–Crippen MR) is 73.0 cm³/mol. The van der Waals surface area contributed by atoms with Gasteiger partial charge in [0.2, 0.25) is 5.91 Å². The average molecular weight is 258 g/mol. The molecule has 0 bridgehead atoms. The van der Waals surface area contributed by atoms with Crippen LogP contribution in [-0.4, -0.2) is 29.4 Å². The van der Waals surface area contributed by atoms with Crippen molar-refractivity contribution in [2.45, 2.75) is 38.6 Å². The van der Waals surface area contributed by atoms with Gasteiger partial charge in [-0.25, -0.2) is 9.69 Å². The number of benzene rings is 1. The number of carbonyl (C=O) groups excluding carboxylic acids is 2. The van der Waals surface area contributed by atoms with Crippen LogP contribution >= 0.6 is 0 Å². The number of amides is 3. The van der Waals surface area contributed by atoms with Crippen LogP contribution in [0.1, 0.15) is 31.2 Å². The quantitative estimate of drug-likeness (QED) is 0.777. The van der Waals surface area contributed by atoms with Crippen LogP contribution in [0, 0.1) is 6.92 Å². The van der Waals surface area contributed by atoms with Gasteiger partial charge in [0.15, 0.2) is 0 Å². The van der Waals surface area contributed by atoms with Gasteiger partial charge in [0.1, 0.15) is 0 Å². The molecule has 1 aromatic carbocycles. The molecule has 0 radical (unpaired) electrons. The summed E-state index contributed by atoms with van der Waals surface area (Å²) in [5.41, 5.74) is 1.81. The number of hydrogen-bond acceptors (Lipinski definition) is 2. The van der Waals surface area contributed by atoms with Gasteiger partial charge in [-0.3, -0.25) is 4.79 Å². The molecular formula is C15H18N2O2. The van der Waals surface area contributed by atoms with E-state index in [0.29, 0.717) is 12.1 Å². The Bertz CT molecular complexity index is 509. The molecule has 0 spiro atoms. The largest absolute Gasteiger partial charge is 0.331 e. The zero-order valence-corrected chi connectivity index (χ0v) is 11.1. The van der Waals surface area contributed by atoms with E-state index in [1.807, 2.05) is 36.1 Å². The highest BCUT2D eigenvalue weighted by Crippen LogP contribution is 2.29. The number of hydrogen-bond donors (Lipinski definition) is 0. The third-order valence-electron chi connectivity index (χ3n) is 4.02. The molecule has 0 N–H and O–H groups in total. The highest BCUT2D eigenvalue weighted by molar-refractivity contribution is 6.16. The first-order chi connectivity index (χ1) is 9.16. The summed E-state index contributed by atoms with van der Waals surface area (Å²) in [6.45, 7) is 2.77. The van der Waals surface area contributed by atoms with Crippen molar-refractivity contribution in [3.63, 3.8) is 0 Å². The van der Waals surface area contributed by atoms with E-state index >= 15 is 0 Å². The summed E-state index contributed by atoms with van der Waals surface area (Å²) in [5, 5.41) is 0. The number of imide groups is 1. The van der Waals surface area contributed by atoms with E-state index in [0.717, 1.165) is 31.4 Å². The fourth-order valence-corrected chi connectivity index (χ4v) is 2.94. The predicted octanol–water partition coefficient (Wildman–Crippen LogP) is 2.71. The zero-order chi connectivity index (χ0) is 13.4. The number of nitrogens with zero attached hydrogens (tertiary/aromatic N) is 2. The second-order valence-corrected chi connectivity index (χ2v) is 5.39. The Morgan fingerprint density at radius 1 is 1.11 bits per heavy atom. The number of carbonyl (C=O) groups is 2. The molecule has 2 aliphatic heterocycles. The fourth-order valence-electron chi connectivity index (χ4n) is 2.94. The van der Waals surface area contributed by atoms with Gasteiger partial charge >= 0.3 is 6.03 Å². The molecule has 1 aromatic rings. The van der Waals surface area contributed by atoms with Gasteiger partial charge in [0, 0.05) is 19.0 Å². The summed E-state index contributed by atoms with van der Waals surface area (Å²) in [4.78, 5) is 27.9. The molecule has 0 aromatic heterocycles. The molecule has 2 heterocycles. The Morgan fingerprint density at radius 3 is 2.58 bits per heavy atom. The number of urea groups is 1. The lowest BCUT2D eigenvalue weighted by Crippen LogP contribution is -2.58. The van der Waals surface area contributed by atoms with E-state index in [2.05, 4.69) is 0 Å². The van der Waals surface area contributed by atoms with Crippen molar-refractivity contribution in [3.05, 3.63) is 29.8 Å². The van der Waals surface area contributed by atoms with Crippen LogP contribution in [0.15, 0.2) is 24.3 Å². The Balaban J connectivity index is 1.90. The van der Waals surface area contributed by atoms with Crippen molar-refractivity contribution in [2.75, 3.05) is 11.4 Å². The first-order valence-electron chi connectivity index (χ1n) is 6.87. The third-order valence-corrected chi connectivity index (χ3v) is 4.02. The Morgan fingerprint density at radius 2 is 1.84 bits per heavy atom. The molecule has 0 aliphatic carbocycles. The van der Waals surface area contributed by atoms with Gasteiger partial charge in [-0.15, -0.1) is 0 Å². The van der Waals surface area contributed by atoms with Crippen LogP contribution in [-0.2, 0) is 4.79 Å². The topological polar surface area (TPSA) is 40.6 Å². The number of anilines is 1. The lowest BCUT2D eigenvalue weighted by Gasteiger charge is -2.42. The molecule has 4 heteroatoms. The van der Waals surface area contributed by atoms with E-state index < -0.39 is 0 Å². The molecule has 2 fully saturated rings. The summed E-state index contributed by atoms with van der Waals surface area (Å²) in [5.74, 6) is -0.0722. The normalized spacial score (nSPS) is 23.5. The van der Waals surface area contributed by atoms with Gasteiger partial charge in [-0.2, -0.15) is 0 Å². The minimum Gasteiger partial charge on any atom is -0.320 e. The molecule has 3 amide bonds. The van der Waals surface area contributed by atoms with E-state index in [-0.39, 0.29) is 18.0 Å². The van der Waals surface area contributed by atoms with Crippen molar-refractivity contribution in [2.24, 2.45) is 0 Å². The van der Waals surface area contributed by atoms with Gasteiger partial charge in [0.05, 0.1) is 5.69 Å². The lowest BCUT2D eigenvalue weighted by molar-refractivity contribution is -0.120. The van der Waals surface area contributed by atoms with E-state index in [4.69, 9.17) is 0 Å². The highest BCUT2D eigenvalue weighted by Gasteiger charge is 2.40. The van der Waals surface area contributed by atoms with Crippen molar-refractivity contribution in [1.82, 2.24) is 4.90 Å². The molecule has 2 aliphatic rings. The summed E-state index contributed by atoms with van der Waals surface area (Å²) in [6, 6.07) is 7.52. The van der Waals surface area contributed by atoms with Crippen LogP contribution in [0.4, 0.5) is 10.5 Å². The van der Waals surface area contributed by atoms with Crippen molar-refractivity contribution < 1.29 is 9.59 Å². The minimum absolute atomic E-state index is 0.0722. The summed E-state index contributed by atoms with van der Waals surface area (Å²) in [7, 11) is 0. The maximum absolute atomic E-state index is 12.5. The maximum atomic E-state index is 12.5. The SMILES string of the molecule is Cc1ccc(N2C(=O)CC3CCCCN3C2=O)cc1. The molecule has 0 saturated carbocycles. The van der Waals surface area contributed by atoms with E-state index in [9.17, 15) is 9.59 Å². The van der Waals surface area contributed by atoms with Crippen molar-refractivity contribution >= 4 is 17.6 Å². The molecule has 1 atom stereocenters. The Kier molecular flexibility index (Phi) is 3.01. The second-order valence-electron chi connectivity index (χ2n) is 5.39. The van der Waals surface area contributed by atoms with Crippen LogP contribution in [0.5, 0.6) is 0 Å².